The van der Waals surface area contributed by atoms with Gasteiger partial charge in [0.2, 0.25) is 0 Å². The van der Waals surface area contributed by atoms with Crippen LogP contribution in [0.1, 0.15) is 16.8 Å². The highest BCUT2D eigenvalue weighted by Crippen LogP contribution is 2.16. The SMILES string of the molecule is CN[C@H]1CCN(C(=O)c2cccc(Cl)c2)C1.Cl. The van der Waals surface area contributed by atoms with Crippen LogP contribution in [0.4, 0.5) is 0 Å². The van der Waals surface area contributed by atoms with Crippen molar-refractivity contribution in [2.75, 3.05) is 20.1 Å². The van der Waals surface area contributed by atoms with E-state index < -0.39 is 0 Å². The first-order chi connectivity index (χ1) is 7.70. The molecule has 5 heteroatoms. The molecule has 0 spiro atoms. The second-order valence-electron chi connectivity index (χ2n) is 4.04. The van der Waals surface area contributed by atoms with Crippen molar-refractivity contribution in [2.45, 2.75) is 12.5 Å². The quantitative estimate of drug-likeness (QED) is 0.897. The van der Waals surface area contributed by atoms with E-state index >= 15 is 0 Å². The number of halogens is 2. The third-order valence-corrected chi connectivity index (χ3v) is 3.19. The summed E-state index contributed by atoms with van der Waals surface area (Å²) in [6.07, 6.45) is 1.02. The zero-order valence-corrected chi connectivity index (χ0v) is 11.2. The number of hydrogen-bond donors (Lipinski definition) is 1. The number of likely N-dealkylation sites (tertiary alicyclic amines) is 1. The first-order valence-electron chi connectivity index (χ1n) is 5.43. The first kappa shape index (κ1) is 14.3. The molecule has 1 heterocycles. The molecule has 1 fully saturated rings. The summed E-state index contributed by atoms with van der Waals surface area (Å²) in [6, 6.07) is 7.53. The van der Waals surface area contributed by atoms with Gasteiger partial charge in [0, 0.05) is 29.7 Å². The Kier molecular flexibility index (Phi) is 5.25. The Morgan fingerprint density at radius 3 is 2.88 bits per heavy atom. The summed E-state index contributed by atoms with van der Waals surface area (Å²) in [7, 11) is 1.93. The number of hydrogen-bond acceptors (Lipinski definition) is 2. The van der Waals surface area contributed by atoms with Gasteiger partial charge in [-0.15, -0.1) is 12.4 Å². The van der Waals surface area contributed by atoms with Crippen molar-refractivity contribution in [1.29, 1.82) is 0 Å². The van der Waals surface area contributed by atoms with Gasteiger partial charge in [-0.2, -0.15) is 0 Å². The van der Waals surface area contributed by atoms with Gasteiger partial charge in [-0.05, 0) is 31.7 Å². The Labute approximate surface area is 113 Å². The molecule has 1 aliphatic heterocycles. The molecule has 0 saturated carbocycles. The maximum Gasteiger partial charge on any atom is 0.253 e. The lowest BCUT2D eigenvalue weighted by Gasteiger charge is -2.16. The summed E-state index contributed by atoms with van der Waals surface area (Å²) in [4.78, 5) is 14.0. The minimum absolute atomic E-state index is 0. The standard InChI is InChI=1S/C12H15ClN2O.ClH/c1-14-11-5-6-15(8-11)12(16)9-3-2-4-10(13)7-9;/h2-4,7,11,14H,5-6,8H2,1H3;1H/t11-;/m0./s1. The summed E-state index contributed by atoms with van der Waals surface area (Å²) in [5.41, 5.74) is 0.671. The molecule has 2 rings (SSSR count). The maximum absolute atomic E-state index is 12.1. The van der Waals surface area contributed by atoms with E-state index in [0.717, 1.165) is 19.5 Å². The minimum Gasteiger partial charge on any atom is -0.337 e. The highest BCUT2D eigenvalue weighted by Gasteiger charge is 2.25. The van der Waals surface area contributed by atoms with Crippen LogP contribution in [0.15, 0.2) is 24.3 Å². The van der Waals surface area contributed by atoms with E-state index in [2.05, 4.69) is 5.32 Å². The summed E-state index contributed by atoms with van der Waals surface area (Å²) in [5.74, 6) is 0.0697. The third kappa shape index (κ3) is 3.35. The minimum atomic E-state index is 0. The Morgan fingerprint density at radius 1 is 1.53 bits per heavy atom. The van der Waals surface area contributed by atoms with Gasteiger partial charge >= 0.3 is 0 Å². The number of nitrogens with zero attached hydrogens (tertiary/aromatic N) is 1. The largest absolute Gasteiger partial charge is 0.337 e. The molecule has 17 heavy (non-hydrogen) atoms. The third-order valence-electron chi connectivity index (χ3n) is 2.96. The number of benzene rings is 1. The lowest BCUT2D eigenvalue weighted by molar-refractivity contribution is 0.0789. The summed E-state index contributed by atoms with van der Waals surface area (Å²) >= 11 is 5.87. The van der Waals surface area contributed by atoms with Gasteiger partial charge in [-0.25, -0.2) is 0 Å². The predicted molar refractivity (Wildman–Crippen MR) is 72.1 cm³/mol. The molecule has 0 aromatic heterocycles. The number of nitrogens with one attached hydrogen (secondary N) is 1. The first-order valence-corrected chi connectivity index (χ1v) is 5.80. The molecule has 0 unspecified atom stereocenters. The molecular weight excluding hydrogens is 259 g/mol. The maximum atomic E-state index is 12.1. The number of likely N-dealkylation sites (N-methyl/N-ethyl adjacent to an activating group) is 1. The van der Waals surface area contributed by atoms with E-state index in [4.69, 9.17) is 11.6 Å². The number of carbonyl (C=O) groups is 1. The van der Waals surface area contributed by atoms with Gasteiger partial charge in [0.25, 0.3) is 5.91 Å². The van der Waals surface area contributed by atoms with Crippen molar-refractivity contribution >= 4 is 29.9 Å². The molecule has 0 bridgehead atoms. The van der Waals surface area contributed by atoms with Crippen LogP contribution in [0, 0.1) is 0 Å². The lowest BCUT2D eigenvalue weighted by atomic mass is 10.2. The van der Waals surface area contributed by atoms with Crippen molar-refractivity contribution < 1.29 is 4.79 Å². The van der Waals surface area contributed by atoms with Crippen LogP contribution in [-0.2, 0) is 0 Å². The van der Waals surface area contributed by atoms with Crippen LogP contribution in [0.2, 0.25) is 5.02 Å². The second-order valence-corrected chi connectivity index (χ2v) is 4.47. The Morgan fingerprint density at radius 2 is 2.29 bits per heavy atom. The number of rotatable bonds is 2. The number of amides is 1. The van der Waals surface area contributed by atoms with Crippen LogP contribution >= 0.6 is 24.0 Å². The van der Waals surface area contributed by atoms with Gasteiger partial charge in [0.05, 0.1) is 0 Å². The van der Waals surface area contributed by atoms with Crippen LogP contribution in [0.5, 0.6) is 0 Å². The molecule has 1 aliphatic rings. The summed E-state index contributed by atoms with van der Waals surface area (Å²) in [5, 5.41) is 3.80. The fourth-order valence-electron chi connectivity index (χ4n) is 1.98. The molecule has 1 N–H and O–H groups in total. The van der Waals surface area contributed by atoms with Gasteiger partial charge in [-0.1, -0.05) is 17.7 Å². The van der Waals surface area contributed by atoms with E-state index in [1.54, 1.807) is 24.3 Å². The average Bonchev–Trinajstić information content (AvgIpc) is 2.76. The van der Waals surface area contributed by atoms with Crippen LogP contribution in [0.3, 0.4) is 0 Å². The Bertz CT molecular complexity index is 398. The van der Waals surface area contributed by atoms with Crippen molar-refractivity contribution in [3.8, 4) is 0 Å². The van der Waals surface area contributed by atoms with Gasteiger partial charge < -0.3 is 10.2 Å². The summed E-state index contributed by atoms with van der Waals surface area (Å²) in [6.45, 7) is 1.60. The molecule has 1 atom stereocenters. The Hall–Kier alpha value is -0.770. The van der Waals surface area contributed by atoms with Crippen LogP contribution in [-0.4, -0.2) is 37.0 Å². The van der Waals surface area contributed by atoms with Crippen molar-refractivity contribution in [2.24, 2.45) is 0 Å². The molecule has 3 nitrogen and oxygen atoms in total. The van der Waals surface area contributed by atoms with Crippen molar-refractivity contribution in [3.05, 3.63) is 34.9 Å². The topological polar surface area (TPSA) is 32.3 Å². The highest BCUT2D eigenvalue weighted by molar-refractivity contribution is 6.30. The highest BCUT2D eigenvalue weighted by atomic mass is 35.5. The second kappa shape index (κ2) is 6.24. The monoisotopic (exact) mass is 274 g/mol. The van der Waals surface area contributed by atoms with Crippen molar-refractivity contribution in [1.82, 2.24) is 10.2 Å². The van der Waals surface area contributed by atoms with E-state index in [1.165, 1.54) is 0 Å². The zero-order valence-electron chi connectivity index (χ0n) is 9.65. The van der Waals surface area contributed by atoms with E-state index in [-0.39, 0.29) is 18.3 Å². The van der Waals surface area contributed by atoms with Crippen LogP contribution < -0.4 is 5.32 Å². The molecular formula is C12H16Cl2N2O. The van der Waals surface area contributed by atoms with Gasteiger partial charge in [-0.3, -0.25) is 4.79 Å². The zero-order chi connectivity index (χ0) is 11.5. The molecule has 0 aliphatic carbocycles. The molecule has 1 aromatic rings. The summed E-state index contributed by atoms with van der Waals surface area (Å²) < 4.78 is 0. The number of carbonyl (C=O) groups excluding carboxylic acids is 1. The predicted octanol–water partition coefficient (Wildman–Crippen LogP) is 2.20. The molecule has 94 valence electrons. The smallest absolute Gasteiger partial charge is 0.253 e. The molecule has 1 saturated heterocycles. The molecule has 1 aromatic carbocycles. The Balaban J connectivity index is 0.00000144. The molecule has 1 amide bonds. The van der Waals surface area contributed by atoms with Crippen LogP contribution in [0.25, 0.3) is 0 Å². The van der Waals surface area contributed by atoms with Gasteiger partial charge in [0.15, 0.2) is 0 Å². The van der Waals surface area contributed by atoms with Gasteiger partial charge in [0.1, 0.15) is 0 Å². The average molecular weight is 275 g/mol. The fraction of sp³-hybridized carbons (Fsp3) is 0.417. The lowest BCUT2D eigenvalue weighted by Crippen LogP contribution is -2.33. The fourth-order valence-corrected chi connectivity index (χ4v) is 2.17. The van der Waals surface area contributed by atoms with E-state index in [9.17, 15) is 4.79 Å². The molecule has 0 radical (unpaired) electrons. The van der Waals surface area contributed by atoms with Crippen molar-refractivity contribution in [3.63, 3.8) is 0 Å². The normalized spacial score (nSPS) is 18.9. The van der Waals surface area contributed by atoms with E-state index in [0.29, 0.717) is 16.6 Å². The van der Waals surface area contributed by atoms with E-state index in [1.807, 2.05) is 11.9 Å².